The molecule has 1 aromatic carbocycles. The average Bonchev–Trinajstić information content (AvgIpc) is 3.16. The number of ether oxygens (including phenoxy) is 1. The molecule has 0 radical (unpaired) electrons. The third-order valence-electron chi connectivity index (χ3n) is 4.17. The van der Waals surface area contributed by atoms with Gasteiger partial charge in [0.1, 0.15) is 0 Å². The minimum absolute atomic E-state index is 0.166. The van der Waals surface area contributed by atoms with Crippen LogP contribution in [0.2, 0.25) is 0 Å². The fraction of sp³-hybridized carbons (Fsp3) is 0.412. The van der Waals surface area contributed by atoms with E-state index >= 15 is 0 Å². The van der Waals surface area contributed by atoms with Crippen molar-refractivity contribution >= 4 is 11.7 Å². The number of amides is 2. The summed E-state index contributed by atoms with van der Waals surface area (Å²) in [5, 5.41) is 10.3. The molecule has 3 rings (SSSR count). The van der Waals surface area contributed by atoms with Gasteiger partial charge in [-0.3, -0.25) is 0 Å². The molecule has 0 bridgehead atoms. The van der Waals surface area contributed by atoms with E-state index in [1.54, 1.807) is 11.8 Å². The lowest BCUT2D eigenvalue weighted by molar-refractivity contribution is 0.107. The predicted octanol–water partition coefficient (Wildman–Crippen LogP) is 2.87. The molecule has 0 spiro atoms. The zero-order chi connectivity index (χ0) is 16.2. The van der Waals surface area contributed by atoms with Gasteiger partial charge >= 0.3 is 6.03 Å². The second-order valence-corrected chi connectivity index (χ2v) is 5.88. The number of urea groups is 1. The third-order valence-corrected chi connectivity index (χ3v) is 4.17. The number of para-hydroxylation sites is 2. The molecule has 0 aliphatic heterocycles. The zero-order valence-corrected chi connectivity index (χ0v) is 13.5. The Balaban J connectivity index is 1.67. The Morgan fingerprint density at radius 2 is 2.13 bits per heavy atom. The van der Waals surface area contributed by atoms with E-state index in [1.807, 2.05) is 43.5 Å². The Kier molecular flexibility index (Phi) is 4.62. The molecule has 1 aromatic heterocycles. The summed E-state index contributed by atoms with van der Waals surface area (Å²) in [7, 11) is 1.72. The Morgan fingerprint density at radius 3 is 2.83 bits per heavy atom. The maximum Gasteiger partial charge on any atom is 0.319 e. The van der Waals surface area contributed by atoms with E-state index in [9.17, 15) is 4.79 Å². The van der Waals surface area contributed by atoms with Crippen molar-refractivity contribution in [3.63, 3.8) is 0 Å². The first-order chi connectivity index (χ1) is 11.2. The Morgan fingerprint density at radius 1 is 1.30 bits per heavy atom. The van der Waals surface area contributed by atoms with Crippen LogP contribution < -0.4 is 10.6 Å². The summed E-state index contributed by atoms with van der Waals surface area (Å²) in [6, 6.07) is 9.53. The normalized spacial score (nSPS) is 20.4. The van der Waals surface area contributed by atoms with Crippen LogP contribution in [0.15, 0.2) is 36.5 Å². The number of aromatic nitrogens is 2. The number of nitrogens with zero attached hydrogens (tertiary/aromatic N) is 2. The molecule has 2 atom stereocenters. The molecule has 2 N–H and O–H groups in total. The molecule has 23 heavy (non-hydrogen) atoms. The lowest BCUT2D eigenvalue weighted by Crippen LogP contribution is -2.37. The van der Waals surface area contributed by atoms with Gasteiger partial charge in [-0.1, -0.05) is 12.1 Å². The van der Waals surface area contributed by atoms with Gasteiger partial charge in [-0.05, 0) is 44.4 Å². The summed E-state index contributed by atoms with van der Waals surface area (Å²) >= 11 is 0. The van der Waals surface area contributed by atoms with E-state index in [1.165, 1.54) is 0 Å². The number of methoxy groups -OCH3 is 1. The minimum Gasteiger partial charge on any atom is -0.381 e. The van der Waals surface area contributed by atoms with E-state index in [4.69, 9.17) is 4.74 Å². The number of nitrogens with one attached hydrogen (secondary N) is 2. The molecule has 6 nitrogen and oxygen atoms in total. The van der Waals surface area contributed by atoms with Crippen molar-refractivity contribution < 1.29 is 9.53 Å². The SMILES string of the molecule is COC1CCC(NC(=O)Nc2ccccc2-n2ccc(C)n2)C1. The fourth-order valence-corrected chi connectivity index (χ4v) is 2.96. The standard InChI is InChI=1S/C17H22N4O2/c1-12-9-10-21(20-12)16-6-4-3-5-15(16)19-17(22)18-13-7-8-14(11-13)23-2/h3-6,9-10,13-14H,7-8,11H2,1-2H3,(H2,18,19,22). The first-order valence-electron chi connectivity index (χ1n) is 7.87. The van der Waals surface area contributed by atoms with Gasteiger partial charge in [-0.2, -0.15) is 5.10 Å². The molecule has 1 aliphatic rings. The number of rotatable bonds is 4. The highest BCUT2D eigenvalue weighted by Gasteiger charge is 2.25. The Hall–Kier alpha value is -2.34. The monoisotopic (exact) mass is 314 g/mol. The number of hydrogen-bond acceptors (Lipinski definition) is 3. The number of anilines is 1. The van der Waals surface area contributed by atoms with Crippen LogP contribution in [-0.4, -0.2) is 35.1 Å². The van der Waals surface area contributed by atoms with Crippen LogP contribution in [-0.2, 0) is 4.74 Å². The molecule has 0 saturated heterocycles. The molecular formula is C17H22N4O2. The van der Waals surface area contributed by atoms with E-state index in [0.717, 1.165) is 36.3 Å². The summed E-state index contributed by atoms with van der Waals surface area (Å²) < 4.78 is 7.10. The van der Waals surface area contributed by atoms with Gasteiger partial charge in [0.05, 0.1) is 23.2 Å². The summed E-state index contributed by atoms with van der Waals surface area (Å²) in [4.78, 5) is 12.3. The van der Waals surface area contributed by atoms with Crippen molar-refractivity contribution in [2.45, 2.75) is 38.3 Å². The lowest BCUT2D eigenvalue weighted by Gasteiger charge is -2.15. The van der Waals surface area contributed by atoms with Gasteiger partial charge in [0.15, 0.2) is 0 Å². The van der Waals surface area contributed by atoms with Crippen LogP contribution in [0, 0.1) is 6.92 Å². The van der Waals surface area contributed by atoms with Crippen LogP contribution in [0.5, 0.6) is 0 Å². The molecule has 1 saturated carbocycles. The van der Waals surface area contributed by atoms with Gasteiger partial charge in [0, 0.05) is 19.3 Å². The second-order valence-electron chi connectivity index (χ2n) is 5.88. The van der Waals surface area contributed by atoms with Crippen molar-refractivity contribution in [1.29, 1.82) is 0 Å². The summed E-state index contributed by atoms with van der Waals surface area (Å²) in [6.07, 6.45) is 4.94. The Labute approximate surface area is 135 Å². The summed E-state index contributed by atoms with van der Waals surface area (Å²) in [6.45, 7) is 1.94. The van der Waals surface area contributed by atoms with E-state index in [-0.39, 0.29) is 18.2 Å². The molecule has 1 fully saturated rings. The smallest absolute Gasteiger partial charge is 0.319 e. The number of aryl methyl sites for hydroxylation is 1. The number of carbonyl (C=O) groups is 1. The molecule has 6 heteroatoms. The quantitative estimate of drug-likeness (QED) is 0.912. The first kappa shape index (κ1) is 15.6. The zero-order valence-electron chi connectivity index (χ0n) is 13.5. The molecule has 2 unspecified atom stereocenters. The van der Waals surface area contributed by atoms with E-state index < -0.39 is 0 Å². The fourth-order valence-electron chi connectivity index (χ4n) is 2.96. The van der Waals surface area contributed by atoms with Gasteiger partial charge in [-0.15, -0.1) is 0 Å². The topological polar surface area (TPSA) is 68.2 Å². The van der Waals surface area contributed by atoms with E-state index in [0.29, 0.717) is 0 Å². The molecule has 2 amide bonds. The lowest BCUT2D eigenvalue weighted by atomic mass is 10.2. The van der Waals surface area contributed by atoms with E-state index in [2.05, 4.69) is 15.7 Å². The highest BCUT2D eigenvalue weighted by molar-refractivity contribution is 5.91. The summed E-state index contributed by atoms with van der Waals surface area (Å²) in [5.41, 5.74) is 2.51. The minimum atomic E-state index is -0.192. The van der Waals surface area contributed by atoms with Crippen LogP contribution >= 0.6 is 0 Å². The Bertz CT molecular complexity index is 683. The van der Waals surface area contributed by atoms with Gasteiger partial charge in [0.2, 0.25) is 0 Å². The molecule has 2 aromatic rings. The maximum atomic E-state index is 12.3. The summed E-state index contributed by atoms with van der Waals surface area (Å²) in [5.74, 6) is 0. The third kappa shape index (κ3) is 3.71. The number of hydrogen-bond donors (Lipinski definition) is 2. The predicted molar refractivity (Wildman–Crippen MR) is 88.9 cm³/mol. The van der Waals surface area contributed by atoms with Crippen LogP contribution in [0.1, 0.15) is 25.0 Å². The van der Waals surface area contributed by atoms with Gasteiger partial charge in [-0.25, -0.2) is 9.48 Å². The number of carbonyl (C=O) groups excluding carboxylic acids is 1. The van der Waals surface area contributed by atoms with Gasteiger partial charge in [0.25, 0.3) is 0 Å². The largest absolute Gasteiger partial charge is 0.381 e. The van der Waals surface area contributed by atoms with Crippen LogP contribution in [0.4, 0.5) is 10.5 Å². The highest BCUT2D eigenvalue weighted by Crippen LogP contribution is 2.22. The van der Waals surface area contributed by atoms with Crippen LogP contribution in [0.3, 0.4) is 0 Å². The van der Waals surface area contributed by atoms with Crippen molar-refractivity contribution in [2.24, 2.45) is 0 Å². The maximum absolute atomic E-state index is 12.3. The molecule has 1 aliphatic carbocycles. The van der Waals surface area contributed by atoms with Crippen LogP contribution in [0.25, 0.3) is 5.69 Å². The molecule has 1 heterocycles. The first-order valence-corrected chi connectivity index (χ1v) is 7.87. The average molecular weight is 314 g/mol. The van der Waals surface area contributed by atoms with Crippen molar-refractivity contribution in [3.8, 4) is 5.69 Å². The van der Waals surface area contributed by atoms with Gasteiger partial charge < -0.3 is 15.4 Å². The highest BCUT2D eigenvalue weighted by atomic mass is 16.5. The van der Waals surface area contributed by atoms with Crippen molar-refractivity contribution in [3.05, 3.63) is 42.2 Å². The molecular weight excluding hydrogens is 292 g/mol. The van der Waals surface area contributed by atoms with Crippen molar-refractivity contribution in [2.75, 3.05) is 12.4 Å². The number of benzene rings is 1. The molecule has 122 valence electrons. The second kappa shape index (κ2) is 6.83. The van der Waals surface area contributed by atoms with Crippen molar-refractivity contribution in [1.82, 2.24) is 15.1 Å².